The normalized spacial score (nSPS) is 18.0. The zero-order valence-electron chi connectivity index (χ0n) is 19.4. The van der Waals surface area contributed by atoms with Crippen LogP contribution in [-0.2, 0) is 21.2 Å². The first kappa shape index (κ1) is 25.7. The molecule has 1 heterocycles. The van der Waals surface area contributed by atoms with E-state index in [1.807, 2.05) is 27.7 Å². The van der Waals surface area contributed by atoms with Gasteiger partial charge >= 0.3 is 21.5 Å². The molecule has 1 aliphatic heterocycles. The zero-order valence-corrected chi connectivity index (χ0v) is 20.2. The quantitative estimate of drug-likeness (QED) is 0.444. The van der Waals surface area contributed by atoms with Gasteiger partial charge in [-0.2, -0.15) is 21.6 Å². The van der Waals surface area contributed by atoms with Gasteiger partial charge in [0.2, 0.25) is 0 Å². The van der Waals surface area contributed by atoms with E-state index in [4.69, 9.17) is 14.2 Å². The van der Waals surface area contributed by atoms with Crippen molar-refractivity contribution < 1.29 is 40.6 Å². The van der Waals surface area contributed by atoms with E-state index in [2.05, 4.69) is 0 Å². The first-order valence-corrected chi connectivity index (χ1v) is 11.9. The fourth-order valence-corrected chi connectivity index (χ4v) is 4.31. The Morgan fingerprint density at radius 2 is 1.74 bits per heavy atom. The summed E-state index contributed by atoms with van der Waals surface area (Å²) in [5.41, 5.74) is -2.82. The number of carbonyl (C=O) groups is 1. The van der Waals surface area contributed by atoms with Gasteiger partial charge in [0.1, 0.15) is 29.5 Å². The van der Waals surface area contributed by atoms with Crippen molar-refractivity contribution in [1.29, 1.82) is 0 Å². The average Bonchev–Trinajstić information content (AvgIpc) is 2.73. The van der Waals surface area contributed by atoms with E-state index in [0.29, 0.717) is 24.3 Å². The van der Waals surface area contributed by atoms with Crippen molar-refractivity contribution in [3.05, 3.63) is 46.5 Å². The molecule has 3 rings (SSSR count). The Kier molecular flexibility index (Phi) is 6.80. The number of nitrogens with one attached hydrogen (secondary N) is 1. The number of ether oxygens (including phenoxy) is 3. The van der Waals surface area contributed by atoms with Gasteiger partial charge in [0.15, 0.2) is 0 Å². The van der Waals surface area contributed by atoms with Gasteiger partial charge in [-0.05, 0) is 81.5 Å². The summed E-state index contributed by atoms with van der Waals surface area (Å²) in [5.74, 6) is 1.23. The Morgan fingerprint density at radius 3 is 2.29 bits per heavy atom. The SMILES string of the molecule is CC(=O)Oc1c(C)c(C)c2c(c1C)CCC(C)(COc1ccc(NS(=O)(=O)C(F)(F)F)cc1)O2. The third-order valence-corrected chi connectivity index (χ3v) is 6.88. The molecule has 0 saturated carbocycles. The molecule has 1 unspecified atom stereocenters. The van der Waals surface area contributed by atoms with Crippen LogP contribution in [0, 0.1) is 20.8 Å². The molecule has 1 aliphatic rings. The number of rotatable bonds is 6. The summed E-state index contributed by atoms with van der Waals surface area (Å²) in [6.07, 6.45) is 1.29. The fourth-order valence-electron chi connectivity index (χ4n) is 3.75. The maximum absolute atomic E-state index is 12.5. The molecule has 2 aromatic carbocycles. The van der Waals surface area contributed by atoms with Crippen LogP contribution in [0.15, 0.2) is 24.3 Å². The summed E-state index contributed by atoms with van der Waals surface area (Å²) in [4.78, 5) is 11.5. The van der Waals surface area contributed by atoms with Crippen LogP contribution in [-0.4, -0.2) is 32.1 Å². The lowest BCUT2D eigenvalue weighted by atomic mass is 9.87. The molecule has 186 valence electrons. The van der Waals surface area contributed by atoms with Crippen LogP contribution in [0.25, 0.3) is 0 Å². The predicted octanol–water partition coefficient (Wildman–Crippen LogP) is 4.96. The first-order chi connectivity index (χ1) is 15.6. The molecule has 34 heavy (non-hydrogen) atoms. The van der Waals surface area contributed by atoms with Crippen molar-refractivity contribution in [1.82, 2.24) is 0 Å². The van der Waals surface area contributed by atoms with Gasteiger partial charge in [0, 0.05) is 18.2 Å². The lowest BCUT2D eigenvalue weighted by Crippen LogP contribution is -2.42. The standard InChI is InChI=1S/C23H26F3NO6S/c1-13-14(2)21-19(15(3)20(13)32-16(4)28)10-11-22(5,33-21)12-31-18-8-6-17(7-9-18)27-34(29,30)23(24,25)26/h6-9,27H,10-12H2,1-5H3. The van der Waals surface area contributed by atoms with Crippen LogP contribution in [0.2, 0.25) is 0 Å². The molecular weight excluding hydrogens is 475 g/mol. The van der Waals surface area contributed by atoms with Crippen molar-refractivity contribution in [3.8, 4) is 17.2 Å². The summed E-state index contributed by atoms with van der Waals surface area (Å²) in [6.45, 7) is 9.06. The van der Waals surface area contributed by atoms with E-state index in [1.165, 1.54) is 35.9 Å². The molecule has 2 aromatic rings. The highest BCUT2D eigenvalue weighted by molar-refractivity contribution is 7.93. The predicted molar refractivity (Wildman–Crippen MR) is 120 cm³/mol. The number of sulfonamides is 1. The third-order valence-electron chi connectivity index (χ3n) is 5.76. The number of hydrogen-bond acceptors (Lipinski definition) is 6. The van der Waals surface area contributed by atoms with E-state index in [9.17, 15) is 26.4 Å². The number of carbonyl (C=O) groups excluding carboxylic acids is 1. The second-order valence-electron chi connectivity index (χ2n) is 8.52. The Hall–Kier alpha value is -2.95. The largest absolute Gasteiger partial charge is 0.516 e. The van der Waals surface area contributed by atoms with E-state index >= 15 is 0 Å². The highest BCUT2D eigenvalue weighted by atomic mass is 32.2. The lowest BCUT2D eigenvalue weighted by molar-refractivity contribution is -0.132. The molecule has 1 atom stereocenters. The second kappa shape index (κ2) is 9.01. The molecule has 0 radical (unpaired) electrons. The van der Waals surface area contributed by atoms with E-state index in [1.54, 1.807) is 0 Å². The minimum atomic E-state index is -5.49. The number of hydrogen-bond donors (Lipinski definition) is 1. The summed E-state index contributed by atoms with van der Waals surface area (Å²) in [7, 11) is -5.49. The molecular formula is C23H26F3NO6S. The summed E-state index contributed by atoms with van der Waals surface area (Å²) >= 11 is 0. The van der Waals surface area contributed by atoms with Crippen molar-refractivity contribution in [2.75, 3.05) is 11.3 Å². The zero-order chi connectivity index (χ0) is 25.5. The number of fused-ring (bicyclic) bond motifs is 1. The minimum Gasteiger partial charge on any atom is -0.489 e. The monoisotopic (exact) mass is 501 g/mol. The molecule has 1 N–H and O–H groups in total. The van der Waals surface area contributed by atoms with E-state index in [0.717, 1.165) is 28.0 Å². The number of anilines is 1. The fraction of sp³-hybridized carbons (Fsp3) is 0.435. The van der Waals surface area contributed by atoms with Crippen LogP contribution in [0.3, 0.4) is 0 Å². The number of benzene rings is 2. The van der Waals surface area contributed by atoms with Gasteiger partial charge < -0.3 is 14.2 Å². The molecule has 0 bridgehead atoms. The molecule has 0 spiro atoms. The van der Waals surface area contributed by atoms with Gasteiger partial charge in [0.25, 0.3) is 0 Å². The molecule has 0 amide bonds. The number of esters is 1. The summed E-state index contributed by atoms with van der Waals surface area (Å²) < 4.78 is 79.0. The smallest absolute Gasteiger partial charge is 0.489 e. The molecule has 0 fully saturated rings. The van der Waals surface area contributed by atoms with Crippen molar-refractivity contribution in [2.24, 2.45) is 0 Å². The second-order valence-corrected chi connectivity index (χ2v) is 10.2. The molecule has 0 saturated heterocycles. The molecule has 0 aromatic heterocycles. The van der Waals surface area contributed by atoms with E-state index in [-0.39, 0.29) is 12.3 Å². The Bertz CT molecular complexity index is 1210. The van der Waals surface area contributed by atoms with Crippen LogP contribution < -0.4 is 18.9 Å². The van der Waals surface area contributed by atoms with Gasteiger partial charge in [-0.1, -0.05) is 0 Å². The van der Waals surface area contributed by atoms with Gasteiger partial charge in [-0.15, -0.1) is 0 Å². The maximum Gasteiger partial charge on any atom is 0.516 e. The highest BCUT2D eigenvalue weighted by Gasteiger charge is 2.46. The Labute approximate surface area is 196 Å². The van der Waals surface area contributed by atoms with Crippen LogP contribution in [0.5, 0.6) is 17.2 Å². The molecule has 11 heteroatoms. The molecule has 7 nitrogen and oxygen atoms in total. The van der Waals surface area contributed by atoms with Gasteiger partial charge in [-0.25, -0.2) is 0 Å². The third kappa shape index (κ3) is 5.24. The van der Waals surface area contributed by atoms with Gasteiger partial charge in [0.05, 0.1) is 0 Å². The Balaban J connectivity index is 1.72. The topological polar surface area (TPSA) is 90.9 Å². The average molecular weight is 502 g/mol. The van der Waals surface area contributed by atoms with Crippen molar-refractivity contribution in [2.45, 2.75) is 58.6 Å². The summed E-state index contributed by atoms with van der Waals surface area (Å²) in [6, 6.07) is 5.12. The van der Waals surface area contributed by atoms with Crippen LogP contribution in [0.4, 0.5) is 18.9 Å². The number of halogens is 3. The summed E-state index contributed by atoms with van der Waals surface area (Å²) in [5, 5.41) is 0. The highest BCUT2D eigenvalue weighted by Crippen LogP contribution is 2.44. The van der Waals surface area contributed by atoms with E-state index < -0.39 is 27.1 Å². The Morgan fingerprint density at radius 1 is 1.12 bits per heavy atom. The first-order valence-electron chi connectivity index (χ1n) is 10.5. The minimum absolute atomic E-state index is 0.156. The van der Waals surface area contributed by atoms with Gasteiger partial charge in [-0.3, -0.25) is 9.52 Å². The maximum atomic E-state index is 12.5. The lowest BCUT2D eigenvalue weighted by Gasteiger charge is -2.37. The van der Waals surface area contributed by atoms with Crippen LogP contribution >= 0.6 is 0 Å². The number of alkyl halides is 3. The van der Waals surface area contributed by atoms with Crippen molar-refractivity contribution >= 4 is 21.7 Å². The van der Waals surface area contributed by atoms with Crippen molar-refractivity contribution in [3.63, 3.8) is 0 Å². The van der Waals surface area contributed by atoms with Crippen LogP contribution in [0.1, 0.15) is 42.5 Å². The molecule has 0 aliphatic carbocycles.